The number of para-hydroxylation sites is 1. The predicted molar refractivity (Wildman–Crippen MR) is 80.5 cm³/mol. The van der Waals surface area contributed by atoms with Crippen molar-refractivity contribution in [3.63, 3.8) is 0 Å². The number of hydrogen-bond donors (Lipinski definition) is 1. The molecule has 2 fully saturated rings. The number of carbonyl (C=O) groups excluding carboxylic acids is 2. The zero-order valence-electron chi connectivity index (χ0n) is 11.2. The van der Waals surface area contributed by atoms with E-state index in [2.05, 4.69) is 21.2 Å². The standard InChI is InChI=1S/C15H17BrN2O2/c16-11-5-1-2-6-12(11)18-10-7-13(19)17-15(14(18)20)8-3-4-9-15/h1-2,5-6H,3-4,7-10H2,(H,17,19). The molecule has 1 saturated carbocycles. The van der Waals surface area contributed by atoms with E-state index in [0.29, 0.717) is 13.0 Å². The number of nitrogens with zero attached hydrogens (tertiary/aromatic N) is 1. The predicted octanol–water partition coefficient (Wildman–Crippen LogP) is 2.61. The number of halogens is 1. The lowest BCUT2D eigenvalue weighted by Crippen LogP contribution is -2.55. The van der Waals surface area contributed by atoms with E-state index in [9.17, 15) is 9.59 Å². The van der Waals surface area contributed by atoms with E-state index in [1.807, 2.05) is 24.3 Å². The lowest BCUT2D eigenvalue weighted by atomic mass is 9.95. The van der Waals surface area contributed by atoms with Crippen molar-refractivity contribution in [2.75, 3.05) is 11.4 Å². The lowest BCUT2D eigenvalue weighted by molar-refractivity contribution is -0.129. The third-order valence-electron chi connectivity index (χ3n) is 4.20. The highest BCUT2D eigenvalue weighted by atomic mass is 79.9. The second-order valence-electron chi connectivity index (χ2n) is 5.50. The van der Waals surface area contributed by atoms with E-state index < -0.39 is 5.54 Å². The van der Waals surface area contributed by atoms with Crippen LogP contribution >= 0.6 is 15.9 Å². The summed E-state index contributed by atoms with van der Waals surface area (Å²) in [4.78, 5) is 26.7. The van der Waals surface area contributed by atoms with Crippen molar-refractivity contribution >= 4 is 33.4 Å². The van der Waals surface area contributed by atoms with Gasteiger partial charge in [0.2, 0.25) is 5.91 Å². The molecule has 106 valence electrons. The fourth-order valence-corrected chi connectivity index (χ4v) is 3.67. The summed E-state index contributed by atoms with van der Waals surface area (Å²) in [5, 5.41) is 2.98. The molecule has 1 aliphatic carbocycles. The zero-order valence-corrected chi connectivity index (χ0v) is 12.8. The van der Waals surface area contributed by atoms with Crippen LogP contribution in [0.2, 0.25) is 0 Å². The largest absolute Gasteiger partial charge is 0.342 e. The van der Waals surface area contributed by atoms with Crippen LogP contribution in [0.25, 0.3) is 0 Å². The average molecular weight is 337 g/mol. The van der Waals surface area contributed by atoms with Gasteiger partial charge in [0, 0.05) is 17.4 Å². The Morgan fingerprint density at radius 3 is 2.55 bits per heavy atom. The maximum absolute atomic E-state index is 13.0. The molecule has 2 aliphatic rings. The fraction of sp³-hybridized carbons (Fsp3) is 0.467. The van der Waals surface area contributed by atoms with Gasteiger partial charge in [-0.15, -0.1) is 0 Å². The first kappa shape index (κ1) is 13.6. The number of amides is 2. The number of benzene rings is 1. The fourth-order valence-electron chi connectivity index (χ4n) is 3.17. The summed E-state index contributed by atoms with van der Waals surface area (Å²) in [6.07, 6.45) is 3.84. The first-order valence-electron chi connectivity index (χ1n) is 7.00. The summed E-state index contributed by atoms with van der Waals surface area (Å²) in [7, 11) is 0. The van der Waals surface area contributed by atoms with E-state index >= 15 is 0 Å². The Balaban J connectivity index is 2.00. The Morgan fingerprint density at radius 2 is 1.85 bits per heavy atom. The van der Waals surface area contributed by atoms with Gasteiger partial charge >= 0.3 is 0 Å². The minimum atomic E-state index is -0.678. The first-order chi connectivity index (χ1) is 9.62. The minimum Gasteiger partial charge on any atom is -0.342 e. The molecule has 0 radical (unpaired) electrons. The summed E-state index contributed by atoms with van der Waals surface area (Å²) in [5.74, 6) is 0.0163. The smallest absolute Gasteiger partial charge is 0.252 e. The number of rotatable bonds is 1. The zero-order chi connectivity index (χ0) is 14.2. The van der Waals surface area contributed by atoms with E-state index in [1.54, 1.807) is 4.90 Å². The molecule has 1 aromatic carbocycles. The van der Waals surface area contributed by atoms with Gasteiger partial charge in [0.05, 0.1) is 5.69 Å². The SMILES string of the molecule is O=C1CCN(c2ccccc2Br)C(=O)C2(CCCC2)N1. The van der Waals surface area contributed by atoms with Gasteiger partial charge in [-0.25, -0.2) is 0 Å². The molecule has 1 heterocycles. The highest BCUT2D eigenvalue weighted by Gasteiger charge is 2.46. The maximum Gasteiger partial charge on any atom is 0.252 e. The normalized spacial score (nSPS) is 21.9. The quantitative estimate of drug-likeness (QED) is 0.856. The van der Waals surface area contributed by atoms with Crippen LogP contribution in [-0.4, -0.2) is 23.9 Å². The molecule has 1 N–H and O–H groups in total. The highest BCUT2D eigenvalue weighted by molar-refractivity contribution is 9.10. The molecule has 0 aromatic heterocycles. The van der Waals surface area contributed by atoms with Crippen molar-refractivity contribution in [2.24, 2.45) is 0 Å². The van der Waals surface area contributed by atoms with Crippen LogP contribution < -0.4 is 10.2 Å². The first-order valence-corrected chi connectivity index (χ1v) is 7.79. The van der Waals surface area contributed by atoms with Gasteiger partial charge in [0.15, 0.2) is 0 Å². The summed E-state index contributed by atoms with van der Waals surface area (Å²) >= 11 is 3.50. The minimum absolute atomic E-state index is 0.0187. The molecule has 0 bridgehead atoms. The van der Waals surface area contributed by atoms with E-state index in [0.717, 1.165) is 35.8 Å². The second-order valence-corrected chi connectivity index (χ2v) is 6.35. The number of hydrogen-bond acceptors (Lipinski definition) is 2. The molecule has 5 heteroatoms. The van der Waals surface area contributed by atoms with Crippen LogP contribution in [0.1, 0.15) is 32.1 Å². The molecule has 2 amide bonds. The molecule has 4 nitrogen and oxygen atoms in total. The summed E-state index contributed by atoms with van der Waals surface area (Å²) < 4.78 is 0.885. The number of carbonyl (C=O) groups is 2. The highest BCUT2D eigenvalue weighted by Crippen LogP contribution is 2.36. The van der Waals surface area contributed by atoms with Crippen molar-refractivity contribution in [1.82, 2.24) is 5.32 Å². The van der Waals surface area contributed by atoms with Gasteiger partial charge in [-0.05, 0) is 40.9 Å². The van der Waals surface area contributed by atoms with Gasteiger partial charge < -0.3 is 10.2 Å². The van der Waals surface area contributed by atoms with Crippen LogP contribution in [0, 0.1) is 0 Å². The number of anilines is 1. The van der Waals surface area contributed by atoms with Gasteiger partial charge in [-0.2, -0.15) is 0 Å². The molecule has 0 unspecified atom stereocenters. The maximum atomic E-state index is 13.0. The molecular formula is C15H17BrN2O2. The molecule has 1 saturated heterocycles. The van der Waals surface area contributed by atoms with Crippen molar-refractivity contribution in [2.45, 2.75) is 37.6 Å². The molecule has 1 aromatic rings. The van der Waals surface area contributed by atoms with Crippen molar-refractivity contribution in [3.8, 4) is 0 Å². The molecular weight excluding hydrogens is 320 g/mol. The summed E-state index contributed by atoms with van der Waals surface area (Å²) in [6, 6.07) is 7.67. The Labute approximate surface area is 126 Å². The van der Waals surface area contributed by atoms with Crippen LogP contribution in [0.15, 0.2) is 28.7 Å². The molecule has 3 rings (SSSR count). The molecule has 20 heavy (non-hydrogen) atoms. The van der Waals surface area contributed by atoms with E-state index in [-0.39, 0.29) is 11.8 Å². The number of nitrogens with one attached hydrogen (secondary N) is 1. The van der Waals surface area contributed by atoms with Crippen LogP contribution in [-0.2, 0) is 9.59 Å². The Bertz CT molecular complexity index is 553. The topological polar surface area (TPSA) is 49.4 Å². The Morgan fingerprint density at radius 1 is 1.15 bits per heavy atom. The van der Waals surface area contributed by atoms with Gasteiger partial charge in [0.1, 0.15) is 5.54 Å². The molecule has 1 spiro atoms. The van der Waals surface area contributed by atoms with Gasteiger partial charge in [0.25, 0.3) is 5.91 Å². The van der Waals surface area contributed by atoms with Gasteiger partial charge in [-0.3, -0.25) is 9.59 Å². The van der Waals surface area contributed by atoms with E-state index in [1.165, 1.54) is 0 Å². The van der Waals surface area contributed by atoms with Crippen molar-refractivity contribution in [3.05, 3.63) is 28.7 Å². The Kier molecular flexibility index (Phi) is 3.54. The van der Waals surface area contributed by atoms with Crippen molar-refractivity contribution < 1.29 is 9.59 Å². The Hall–Kier alpha value is -1.36. The molecule has 0 atom stereocenters. The van der Waals surface area contributed by atoms with Crippen LogP contribution in [0.4, 0.5) is 5.69 Å². The average Bonchev–Trinajstić information content (AvgIpc) is 2.85. The lowest BCUT2D eigenvalue weighted by Gasteiger charge is -2.32. The van der Waals surface area contributed by atoms with Gasteiger partial charge in [-0.1, -0.05) is 25.0 Å². The summed E-state index contributed by atoms with van der Waals surface area (Å²) in [5.41, 5.74) is 0.170. The van der Waals surface area contributed by atoms with E-state index in [4.69, 9.17) is 0 Å². The van der Waals surface area contributed by atoms with Crippen LogP contribution in [0.3, 0.4) is 0 Å². The third-order valence-corrected chi connectivity index (χ3v) is 4.87. The van der Waals surface area contributed by atoms with Crippen molar-refractivity contribution in [1.29, 1.82) is 0 Å². The monoisotopic (exact) mass is 336 g/mol. The molecule has 1 aliphatic heterocycles. The second kappa shape index (κ2) is 5.20. The van der Waals surface area contributed by atoms with Crippen LogP contribution in [0.5, 0.6) is 0 Å². The summed E-state index contributed by atoms with van der Waals surface area (Å²) in [6.45, 7) is 0.440. The third kappa shape index (κ3) is 2.24.